The van der Waals surface area contributed by atoms with E-state index in [1.54, 1.807) is 0 Å². The summed E-state index contributed by atoms with van der Waals surface area (Å²) in [6.45, 7) is 1.21. The Morgan fingerprint density at radius 3 is 2.74 bits per heavy atom. The first-order valence-electron chi connectivity index (χ1n) is 7.07. The molecule has 1 aliphatic rings. The Morgan fingerprint density at radius 1 is 1.43 bits per heavy atom. The van der Waals surface area contributed by atoms with Crippen molar-refractivity contribution < 1.29 is 26.3 Å². The zero-order chi connectivity index (χ0) is 17.1. The molecule has 10 heteroatoms. The van der Waals surface area contributed by atoms with E-state index >= 15 is 0 Å². The minimum Gasteiger partial charge on any atom is -0.468 e. The lowest BCUT2D eigenvalue weighted by molar-refractivity contribution is -0.154. The van der Waals surface area contributed by atoms with Crippen molar-refractivity contribution in [3.05, 3.63) is 18.3 Å². The number of alkyl halides is 3. The Kier molecular flexibility index (Phi) is 5.48. The summed E-state index contributed by atoms with van der Waals surface area (Å²) in [7, 11) is -3.76. The maximum absolute atomic E-state index is 12.2. The summed E-state index contributed by atoms with van der Waals surface area (Å²) in [6, 6.07) is 2.31. The van der Waals surface area contributed by atoms with Gasteiger partial charge in [-0.2, -0.15) is 13.2 Å². The van der Waals surface area contributed by atoms with E-state index < -0.39 is 22.8 Å². The summed E-state index contributed by atoms with van der Waals surface area (Å²) in [5, 5.41) is 3.22. The van der Waals surface area contributed by atoms with Gasteiger partial charge in [0.1, 0.15) is 4.90 Å². The molecular formula is C13H18F3N3O3S. The van der Waals surface area contributed by atoms with E-state index in [0.29, 0.717) is 12.8 Å². The summed E-state index contributed by atoms with van der Waals surface area (Å²) in [6.07, 6.45) is -2.15. The van der Waals surface area contributed by atoms with E-state index in [2.05, 4.69) is 19.8 Å². The Balaban J connectivity index is 1.99. The maximum Gasteiger partial charge on any atom is 0.422 e. The van der Waals surface area contributed by atoms with Gasteiger partial charge in [-0.1, -0.05) is 0 Å². The molecule has 0 aliphatic carbocycles. The van der Waals surface area contributed by atoms with Gasteiger partial charge < -0.3 is 10.1 Å². The molecule has 1 aliphatic heterocycles. The van der Waals surface area contributed by atoms with Crippen molar-refractivity contribution in [1.29, 1.82) is 0 Å². The molecular weight excluding hydrogens is 335 g/mol. The molecule has 23 heavy (non-hydrogen) atoms. The molecule has 1 aromatic rings. The van der Waals surface area contributed by atoms with Crippen LogP contribution in [0.4, 0.5) is 13.2 Å². The third kappa shape index (κ3) is 5.63. The van der Waals surface area contributed by atoms with Gasteiger partial charge in [0.25, 0.3) is 0 Å². The second-order valence-electron chi connectivity index (χ2n) is 5.43. The molecule has 6 nitrogen and oxygen atoms in total. The Hall–Kier alpha value is -1.39. The van der Waals surface area contributed by atoms with Crippen LogP contribution in [-0.4, -0.2) is 44.8 Å². The van der Waals surface area contributed by atoms with E-state index in [4.69, 9.17) is 0 Å². The number of nitrogens with one attached hydrogen (secondary N) is 2. The van der Waals surface area contributed by atoms with Crippen LogP contribution in [0.3, 0.4) is 0 Å². The number of ether oxygens (including phenoxy) is 1. The van der Waals surface area contributed by atoms with Crippen LogP contribution in [0.15, 0.2) is 23.2 Å². The maximum atomic E-state index is 12.2. The lowest BCUT2D eigenvalue weighted by Crippen LogP contribution is -2.46. The topological polar surface area (TPSA) is 80.3 Å². The molecule has 0 amide bonds. The average molecular weight is 353 g/mol. The number of rotatable bonds is 5. The second kappa shape index (κ2) is 7.02. The predicted octanol–water partition coefficient (Wildman–Crippen LogP) is 1.44. The van der Waals surface area contributed by atoms with Crippen molar-refractivity contribution in [2.45, 2.75) is 42.9 Å². The fourth-order valence-electron chi connectivity index (χ4n) is 2.29. The fraction of sp³-hybridized carbons (Fsp3) is 0.615. The molecule has 1 saturated heterocycles. The number of sulfonamides is 1. The molecule has 2 rings (SSSR count). The lowest BCUT2D eigenvalue weighted by atomic mass is 10.0. The first kappa shape index (κ1) is 18.0. The SMILES string of the molecule is CC1CC(NS(=O)(=O)c2ccc(OCC(F)(F)F)nc2)CCN1. The number of nitrogens with zero attached hydrogens (tertiary/aromatic N) is 1. The fourth-order valence-corrected chi connectivity index (χ4v) is 3.52. The Labute approximate surface area is 132 Å². The highest BCUT2D eigenvalue weighted by Crippen LogP contribution is 2.19. The molecule has 130 valence electrons. The van der Waals surface area contributed by atoms with Gasteiger partial charge in [0.05, 0.1) is 6.20 Å². The van der Waals surface area contributed by atoms with Gasteiger partial charge in [-0.3, -0.25) is 0 Å². The molecule has 0 saturated carbocycles. The minimum atomic E-state index is -4.47. The third-order valence-corrected chi connectivity index (χ3v) is 4.85. The highest BCUT2D eigenvalue weighted by atomic mass is 32.2. The Bertz CT molecular complexity index is 620. The lowest BCUT2D eigenvalue weighted by Gasteiger charge is -2.28. The van der Waals surface area contributed by atoms with E-state index in [9.17, 15) is 21.6 Å². The normalized spacial score (nSPS) is 22.8. The summed E-state index contributed by atoms with van der Waals surface area (Å²) >= 11 is 0. The van der Waals surface area contributed by atoms with Crippen molar-refractivity contribution in [2.24, 2.45) is 0 Å². The highest BCUT2D eigenvalue weighted by Gasteiger charge is 2.29. The van der Waals surface area contributed by atoms with Crippen molar-refractivity contribution in [2.75, 3.05) is 13.2 Å². The number of pyridine rings is 1. The van der Waals surface area contributed by atoms with Gasteiger partial charge in [-0.15, -0.1) is 0 Å². The van der Waals surface area contributed by atoms with Crippen molar-refractivity contribution in [3.63, 3.8) is 0 Å². The number of piperidine rings is 1. The quantitative estimate of drug-likeness (QED) is 0.837. The predicted molar refractivity (Wildman–Crippen MR) is 76.6 cm³/mol. The van der Waals surface area contributed by atoms with E-state index in [1.807, 2.05) is 6.92 Å². The second-order valence-corrected chi connectivity index (χ2v) is 7.15. The van der Waals surface area contributed by atoms with Gasteiger partial charge >= 0.3 is 6.18 Å². The van der Waals surface area contributed by atoms with Gasteiger partial charge in [-0.25, -0.2) is 18.1 Å². The van der Waals surface area contributed by atoms with Crippen LogP contribution in [0.2, 0.25) is 0 Å². The molecule has 0 spiro atoms. The van der Waals surface area contributed by atoms with Crippen LogP contribution in [0.1, 0.15) is 19.8 Å². The van der Waals surface area contributed by atoms with Crippen LogP contribution < -0.4 is 14.8 Å². The highest BCUT2D eigenvalue weighted by molar-refractivity contribution is 7.89. The molecule has 1 fully saturated rings. The first-order chi connectivity index (χ1) is 10.7. The van der Waals surface area contributed by atoms with Gasteiger partial charge in [0.15, 0.2) is 6.61 Å². The van der Waals surface area contributed by atoms with E-state index in [0.717, 1.165) is 18.8 Å². The zero-order valence-corrected chi connectivity index (χ0v) is 13.2. The van der Waals surface area contributed by atoms with Crippen LogP contribution >= 0.6 is 0 Å². The average Bonchev–Trinajstić information content (AvgIpc) is 2.44. The minimum absolute atomic E-state index is 0.108. The van der Waals surface area contributed by atoms with Crippen LogP contribution in [0, 0.1) is 0 Å². The molecule has 2 unspecified atom stereocenters. The molecule has 1 aromatic heterocycles. The molecule has 0 radical (unpaired) electrons. The largest absolute Gasteiger partial charge is 0.468 e. The monoisotopic (exact) mass is 353 g/mol. The van der Waals surface area contributed by atoms with E-state index in [-0.39, 0.29) is 22.9 Å². The molecule has 0 aromatic carbocycles. The van der Waals surface area contributed by atoms with Gasteiger partial charge in [-0.05, 0) is 32.4 Å². The molecule has 2 atom stereocenters. The van der Waals surface area contributed by atoms with Crippen LogP contribution in [0.25, 0.3) is 0 Å². The standard InChI is InChI=1S/C13H18F3N3O3S/c1-9-6-10(4-5-17-9)19-23(20,21)11-2-3-12(18-7-11)22-8-13(14,15)16/h2-3,7,9-10,17,19H,4-6,8H2,1H3. The summed E-state index contributed by atoms with van der Waals surface area (Å²) in [4.78, 5) is 3.49. The molecule has 2 heterocycles. The third-order valence-electron chi connectivity index (χ3n) is 3.35. The molecule has 2 N–H and O–H groups in total. The summed E-state index contributed by atoms with van der Waals surface area (Å²) < 4.78 is 67.6. The summed E-state index contributed by atoms with van der Waals surface area (Å²) in [5.74, 6) is -0.281. The number of hydrogen-bond acceptors (Lipinski definition) is 5. The number of halogens is 3. The zero-order valence-electron chi connectivity index (χ0n) is 12.4. The van der Waals surface area contributed by atoms with Crippen LogP contribution in [-0.2, 0) is 10.0 Å². The first-order valence-corrected chi connectivity index (χ1v) is 8.55. The number of hydrogen-bond donors (Lipinski definition) is 2. The Morgan fingerprint density at radius 2 is 2.17 bits per heavy atom. The summed E-state index contributed by atoms with van der Waals surface area (Å²) in [5.41, 5.74) is 0. The number of aromatic nitrogens is 1. The van der Waals surface area contributed by atoms with Gasteiger partial charge in [0, 0.05) is 18.2 Å². The van der Waals surface area contributed by atoms with Gasteiger partial charge in [0.2, 0.25) is 15.9 Å². The van der Waals surface area contributed by atoms with E-state index in [1.165, 1.54) is 6.07 Å². The van der Waals surface area contributed by atoms with Crippen molar-refractivity contribution >= 4 is 10.0 Å². The van der Waals surface area contributed by atoms with Crippen LogP contribution in [0.5, 0.6) is 5.88 Å². The smallest absolute Gasteiger partial charge is 0.422 e. The van der Waals surface area contributed by atoms with Crippen molar-refractivity contribution in [3.8, 4) is 5.88 Å². The molecule has 0 bridgehead atoms. The van der Waals surface area contributed by atoms with Crippen molar-refractivity contribution in [1.82, 2.24) is 15.0 Å².